The molecule has 0 spiro atoms. The number of nitrogens with two attached hydrogens (primary N) is 1. The zero-order chi connectivity index (χ0) is 17.7. The zero-order valence-corrected chi connectivity index (χ0v) is 13.7. The third-order valence-electron chi connectivity index (χ3n) is 3.60. The van der Waals surface area contributed by atoms with Crippen LogP contribution in [-0.4, -0.2) is 35.7 Å². The molecule has 0 fully saturated rings. The topological polar surface area (TPSA) is 89.7 Å². The maximum absolute atomic E-state index is 12.7. The van der Waals surface area contributed by atoms with E-state index < -0.39 is 17.8 Å². The monoisotopic (exact) mass is 328 g/mol. The minimum absolute atomic E-state index is 0.0491. The SMILES string of the molecule is CCOC(=O)CN1C=CC(C(=O)c2cccc(C)c2)C(C(N)=O)=C1. The highest BCUT2D eigenvalue weighted by atomic mass is 16.5. The largest absolute Gasteiger partial charge is 0.465 e. The Labute approximate surface area is 140 Å². The molecular formula is C18H20N2O4. The van der Waals surface area contributed by atoms with Crippen molar-refractivity contribution < 1.29 is 19.1 Å². The standard InChI is InChI=1S/C18H20N2O4/c1-3-24-16(21)11-20-8-7-14(15(10-20)18(19)23)17(22)13-6-4-5-12(2)9-13/h4-10,14H,3,11H2,1-2H3,(H2,19,23). The number of carbonyl (C=O) groups is 3. The molecule has 1 aliphatic heterocycles. The maximum atomic E-state index is 12.7. The fraction of sp³-hybridized carbons (Fsp3) is 0.278. The first-order valence-corrected chi connectivity index (χ1v) is 7.64. The molecule has 24 heavy (non-hydrogen) atoms. The average Bonchev–Trinajstić information content (AvgIpc) is 2.54. The van der Waals surface area contributed by atoms with E-state index in [0.29, 0.717) is 5.56 Å². The van der Waals surface area contributed by atoms with Gasteiger partial charge in [-0.1, -0.05) is 29.8 Å². The molecule has 1 atom stereocenters. The molecule has 1 aromatic carbocycles. The second kappa shape index (κ2) is 7.59. The van der Waals surface area contributed by atoms with Crippen molar-refractivity contribution in [3.63, 3.8) is 0 Å². The molecule has 6 nitrogen and oxygen atoms in total. The van der Waals surface area contributed by atoms with E-state index in [4.69, 9.17) is 10.5 Å². The number of primary amides is 1. The molecular weight excluding hydrogens is 308 g/mol. The highest BCUT2D eigenvalue weighted by Crippen LogP contribution is 2.24. The molecule has 0 saturated heterocycles. The third-order valence-corrected chi connectivity index (χ3v) is 3.60. The summed E-state index contributed by atoms with van der Waals surface area (Å²) in [4.78, 5) is 37.5. The Kier molecular flexibility index (Phi) is 5.52. The van der Waals surface area contributed by atoms with Crippen molar-refractivity contribution >= 4 is 17.7 Å². The second-order valence-corrected chi connectivity index (χ2v) is 5.48. The van der Waals surface area contributed by atoms with E-state index in [1.165, 1.54) is 11.1 Å². The molecule has 1 amide bonds. The van der Waals surface area contributed by atoms with E-state index in [9.17, 15) is 14.4 Å². The van der Waals surface area contributed by atoms with Gasteiger partial charge in [-0.15, -0.1) is 0 Å². The number of rotatable bonds is 6. The number of ketones is 1. The summed E-state index contributed by atoms with van der Waals surface area (Å²) in [5, 5.41) is 0. The van der Waals surface area contributed by atoms with Crippen molar-refractivity contribution in [3.05, 3.63) is 59.4 Å². The van der Waals surface area contributed by atoms with Crippen LogP contribution in [0.4, 0.5) is 0 Å². The predicted molar refractivity (Wildman–Crippen MR) is 88.8 cm³/mol. The van der Waals surface area contributed by atoms with Gasteiger partial charge >= 0.3 is 5.97 Å². The summed E-state index contributed by atoms with van der Waals surface area (Å²) in [5.74, 6) is -2.09. The van der Waals surface area contributed by atoms with Gasteiger partial charge in [0.25, 0.3) is 0 Å². The number of benzene rings is 1. The minimum atomic E-state index is -0.761. The number of hydrogen-bond donors (Lipinski definition) is 1. The van der Waals surface area contributed by atoms with Crippen LogP contribution in [0.25, 0.3) is 0 Å². The lowest BCUT2D eigenvalue weighted by Gasteiger charge is -2.24. The Balaban J connectivity index is 2.23. The van der Waals surface area contributed by atoms with Crippen LogP contribution in [-0.2, 0) is 14.3 Å². The Bertz CT molecular complexity index is 721. The van der Waals surface area contributed by atoms with Crippen molar-refractivity contribution in [2.45, 2.75) is 13.8 Å². The number of aryl methyl sites for hydroxylation is 1. The maximum Gasteiger partial charge on any atom is 0.325 e. The summed E-state index contributed by atoms with van der Waals surface area (Å²) in [5.41, 5.74) is 7.03. The summed E-state index contributed by atoms with van der Waals surface area (Å²) >= 11 is 0. The van der Waals surface area contributed by atoms with Gasteiger partial charge in [-0.25, -0.2) is 0 Å². The predicted octanol–water partition coefficient (Wildman–Crippen LogP) is 1.56. The van der Waals surface area contributed by atoms with Crippen LogP contribution in [0.1, 0.15) is 22.8 Å². The number of nitrogens with zero attached hydrogens (tertiary/aromatic N) is 1. The Morgan fingerprint density at radius 2 is 2.04 bits per heavy atom. The number of ether oxygens (including phenoxy) is 1. The van der Waals surface area contributed by atoms with Crippen molar-refractivity contribution in [2.24, 2.45) is 11.7 Å². The quantitative estimate of drug-likeness (QED) is 0.632. The van der Waals surface area contributed by atoms with Crippen LogP contribution in [0.3, 0.4) is 0 Å². The van der Waals surface area contributed by atoms with E-state index in [1.807, 2.05) is 13.0 Å². The van der Waals surface area contributed by atoms with E-state index >= 15 is 0 Å². The third kappa shape index (κ3) is 4.10. The molecule has 1 aliphatic rings. The highest BCUT2D eigenvalue weighted by molar-refractivity contribution is 6.07. The van der Waals surface area contributed by atoms with Gasteiger partial charge in [-0.05, 0) is 19.9 Å². The van der Waals surface area contributed by atoms with Gasteiger partial charge in [0.1, 0.15) is 6.54 Å². The molecule has 6 heteroatoms. The smallest absolute Gasteiger partial charge is 0.325 e. The number of esters is 1. The lowest BCUT2D eigenvalue weighted by atomic mass is 9.88. The van der Waals surface area contributed by atoms with Crippen LogP contribution in [0, 0.1) is 12.8 Å². The summed E-state index contributed by atoms with van der Waals surface area (Å²) in [7, 11) is 0. The number of hydrogen-bond acceptors (Lipinski definition) is 5. The van der Waals surface area contributed by atoms with E-state index in [1.54, 1.807) is 37.4 Å². The number of allylic oxidation sites excluding steroid dienone is 1. The Morgan fingerprint density at radius 1 is 1.29 bits per heavy atom. The van der Waals surface area contributed by atoms with E-state index in [-0.39, 0.29) is 24.5 Å². The van der Waals surface area contributed by atoms with Gasteiger partial charge in [-0.3, -0.25) is 14.4 Å². The normalized spacial score (nSPS) is 16.5. The molecule has 2 rings (SSSR count). The highest BCUT2D eigenvalue weighted by Gasteiger charge is 2.28. The van der Waals surface area contributed by atoms with Crippen LogP contribution < -0.4 is 5.73 Å². The summed E-state index contributed by atoms with van der Waals surface area (Å²) in [6.07, 6.45) is 4.59. The zero-order valence-electron chi connectivity index (χ0n) is 13.7. The minimum Gasteiger partial charge on any atom is -0.465 e. The van der Waals surface area contributed by atoms with Crippen molar-refractivity contribution in [1.82, 2.24) is 4.90 Å². The fourth-order valence-corrected chi connectivity index (χ4v) is 2.48. The summed E-state index contributed by atoms with van der Waals surface area (Å²) in [6.45, 7) is 3.83. The summed E-state index contributed by atoms with van der Waals surface area (Å²) in [6, 6.07) is 7.14. The molecule has 1 heterocycles. The second-order valence-electron chi connectivity index (χ2n) is 5.48. The first kappa shape index (κ1) is 17.5. The van der Waals surface area contributed by atoms with E-state index in [2.05, 4.69) is 0 Å². The lowest BCUT2D eigenvalue weighted by Crippen LogP contribution is -2.32. The molecule has 0 radical (unpaired) electrons. The fourth-order valence-electron chi connectivity index (χ4n) is 2.48. The van der Waals surface area contributed by atoms with Crippen LogP contribution in [0.2, 0.25) is 0 Å². The number of Topliss-reactive ketones (excluding diaryl/α,β-unsaturated/α-hetero) is 1. The summed E-state index contributed by atoms with van der Waals surface area (Å²) < 4.78 is 4.87. The van der Waals surface area contributed by atoms with E-state index in [0.717, 1.165) is 5.56 Å². The number of amides is 1. The van der Waals surface area contributed by atoms with Crippen LogP contribution in [0.5, 0.6) is 0 Å². The first-order chi connectivity index (χ1) is 11.4. The van der Waals surface area contributed by atoms with Crippen LogP contribution in [0.15, 0.2) is 48.3 Å². The molecule has 0 aliphatic carbocycles. The Morgan fingerprint density at radius 3 is 2.67 bits per heavy atom. The van der Waals surface area contributed by atoms with Crippen LogP contribution >= 0.6 is 0 Å². The van der Waals surface area contributed by atoms with Gasteiger partial charge < -0.3 is 15.4 Å². The van der Waals surface area contributed by atoms with Gasteiger partial charge in [0.05, 0.1) is 12.5 Å². The van der Waals surface area contributed by atoms with Gasteiger partial charge in [-0.2, -0.15) is 0 Å². The molecule has 0 aromatic heterocycles. The molecule has 0 bridgehead atoms. The number of carbonyl (C=O) groups excluding carboxylic acids is 3. The molecule has 1 unspecified atom stereocenters. The van der Waals surface area contributed by atoms with Gasteiger partial charge in [0.15, 0.2) is 5.78 Å². The van der Waals surface area contributed by atoms with Crippen molar-refractivity contribution in [2.75, 3.05) is 13.2 Å². The molecule has 1 aromatic rings. The van der Waals surface area contributed by atoms with Crippen molar-refractivity contribution in [1.29, 1.82) is 0 Å². The molecule has 2 N–H and O–H groups in total. The Hall–Kier alpha value is -2.89. The lowest BCUT2D eigenvalue weighted by molar-refractivity contribution is -0.143. The van der Waals surface area contributed by atoms with Crippen molar-refractivity contribution in [3.8, 4) is 0 Å². The first-order valence-electron chi connectivity index (χ1n) is 7.64. The molecule has 0 saturated carbocycles. The molecule has 126 valence electrons. The average molecular weight is 328 g/mol. The van der Waals surface area contributed by atoms with Gasteiger partial charge in [0.2, 0.25) is 5.91 Å². The van der Waals surface area contributed by atoms with Gasteiger partial charge in [0, 0.05) is 23.5 Å².